The highest BCUT2D eigenvalue weighted by molar-refractivity contribution is 6.28. The molecule has 3 rings (SSSR count). The third-order valence-corrected chi connectivity index (χ3v) is 5.58. The first kappa shape index (κ1) is 20.1. The molecular formula is C24H28O4. The average Bonchev–Trinajstić information content (AvgIpc) is 2.69. The maximum Gasteiger partial charge on any atom is 0.176 e. The normalized spacial score (nSPS) is 26.9. The Kier molecular flexibility index (Phi) is 5.87. The minimum absolute atomic E-state index is 0.112. The molecule has 4 heteroatoms. The van der Waals surface area contributed by atoms with Crippen LogP contribution in [-0.4, -0.2) is 25.3 Å². The lowest BCUT2D eigenvalue weighted by Gasteiger charge is -2.35. The second-order valence-corrected chi connectivity index (χ2v) is 7.97. The van der Waals surface area contributed by atoms with Crippen molar-refractivity contribution in [2.24, 2.45) is 5.41 Å². The predicted octanol–water partition coefficient (Wildman–Crippen LogP) is 5.05. The van der Waals surface area contributed by atoms with Gasteiger partial charge in [-0.3, -0.25) is 9.59 Å². The predicted molar refractivity (Wildman–Crippen MR) is 110 cm³/mol. The van der Waals surface area contributed by atoms with E-state index in [0.717, 1.165) is 5.57 Å². The number of fused-ring (bicyclic) bond motifs is 3. The molecule has 1 fully saturated rings. The summed E-state index contributed by atoms with van der Waals surface area (Å²) in [6, 6.07) is 7.41. The smallest absolute Gasteiger partial charge is 0.176 e. The van der Waals surface area contributed by atoms with Crippen molar-refractivity contribution < 1.29 is 19.1 Å². The van der Waals surface area contributed by atoms with Crippen LogP contribution in [0, 0.1) is 5.41 Å². The highest BCUT2D eigenvalue weighted by Crippen LogP contribution is 2.45. The zero-order chi connectivity index (χ0) is 20.3. The molecule has 1 aromatic rings. The number of allylic oxidation sites excluding steroid dienone is 4. The van der Waals surface area contributed by atoms with Crippen LogP contribution in [0.5, 0.6) is 5.75 Å². The van der Waals surface area contributed by atoms with Gasteiger partial charge >= 0.3 is 0 Å². The van der Waals surface area contributed by atoms with Gasteiger partial charge in [-0.1, -0.05) is 29.9 Å². The Morgan fingerprint density at radius 1 is 1.25 bits per heavy atom. The van der Waals surface area contributed by atoms with Gasteiger partial charge in [-0.2, -0.15) is 0 Å². The molecule has 148 valence electrons. The van der Waals surface area contributed by atoms with E-state index in [4.69, 9.17) is 9.47 Å². The number of rotatable bonds is 3. The lowest BCUT2D eigenvalue weighted by molar-refractivity contribution is -0.131. The van der Waals surface area contributed by atoms with Gasteiger partial charge in [0.25, 0.3) is 0 Å². The van der Waals surface area contributed by atoms with Crippen molar-refractivity contribution in [3.63, 3.8) is 0 Å². The molecule has 0 radical (unpaired) electrons. The summed E-state index contributed by atoms with van der Waals surface area (Å²) in [5.41, 5.74) is 2.44. The minimum Gasteiger partial charge on any atom is -0.495 e. The quantitative estimate of drug-likeness (QED) is 0.544. The van der Waals surface area contributed by atoms with Crippen molar-refractivity contribution in [2.75, 3.05) is 13.7 Å². The van der Waals surface area contributed by atoms with E-state index in [0.29, 0.717) is 49.4 Å². The lowest BCUT2D eigenvalue weighted by atomic mass is 9.65. The summed E-state index contributed by atoms with van der Waals surface area (Å²) in [6.07, 6.45) is 6.31. The SMILES string of the molecule is CO/C1=C2\C(=O)CC[C@@](CC=C(C)C)(C/C=C(/C)COc3ccccc31)C2=O. The van der Waals surface area contributed by atoms with Crippen LogP contribution in [0.25, 0.3) is 5.76 Å². The Hall–Kier alpha value is -2.62. The van der Waals surface area contributed by atoms with Gasteiger partial charge in [0.1, 0.15) is 23.7 Å². The summed E-state index contributed by atoms with van der Waals surface area (Å²) in [4.78, 5) is 26.6. The molecule has 1 heterocycles. The maximum absolute atomic E-state index is 13.7. The molecule has 0 N–H and O–H groups in total. The van der Waals surface area contributed by atoms with Gasteiger partial charge < -0.3 is 9.47 Å². The van der Waals surface area contributed by atoms with Crippen molar-refractivity contribution in [2.45, 2.75) is 46.5 Å². The van der Waals surface area contributed by atoms with E-state index >= 15 is 0 Å². The van der Waals surface area contributed by atoms with E-state index < -0.39 is 5.41 Å². The van der Waals surface area contributed by atoms with Crippen LogP contribution in [0.1, 0.15) is 52.0 Å². The van der Waals surface area contributed by atoms with E-state index in [-0.39, 0.29) is 17.1 Å². The number of Topliss-reactive ketones (excluding diaryl/α,β-unsaturated/α-hetero) is 2. The summed E-state index contributed by atoms with van der Waals surface area (Å²) in [6.45, 7) is 6.51. The third-order valence-electron chi connectivity index (χ3n) is 5.58. The second kappa shape index (κ2) is 8.17. The first-order valence-corrected chi connectivity index (χ1v) is 9.75. The monoisotopic (exact) mass is 380 g/mol. The molecule has 2 aliphatic rings. The molecule has 28 heavy (non-hydrogen) atoms. The first-order valence-electron chi connectivity index (χ1n) is 9.75. The van der Waals surface area contributed by atoms with Crippen LogP contribution < -0.4 is 4.74 Å². The van der Waals surface area contributed by atoms with Gasteiger partial charge in [0, 0.05) is 11.8 Å². The molecule has 1 atom stereocenters. The Morgan fingerprint density at radius 2 is 2.00 bits per heavy atom. The van der Waals surface area contributed by atoms with Crippen LogP contribution in [0.15, 0.2) is 53.1 Å². The first-order chi connectivity index (χ1) is 13.4. The topological polar surface area (TPSA) is 52.6 Å². The van der Waals surface area contributed by atoms with Gasteiger partial charge in [-0.15, -0.1) is 0 Å². The van der Waals surface area contributed by atoms with Gasteiger partial charge in [-0.25, -0.2) is 0 Å². The number of carbonyl (C=O) groups excluding carboxylic acids is 2. The summed E-state index contributed by atoms with van der Waals surface area (Å²) in [5, 5.41) is 0. The molecule has 0 unspecified atom stereocenters. The fraction of sp³-hybridized carbons (Fsp3) is 0.417. The molecule has 1 aromatic carbocycles. The summed E-state index contributed by atoms with van der Waals surface area (Å²) >= 11 is 0. The Labute approximate surface area is 166 Å². The number of ketones is 2. The second-order valence-electron chi connectivity index (χ2n) is 7.97. The van der Waals surface area contributed by atoms with Gasteiger partial charge in [0.15, 0.2) is 11.6 Å². The maximum atomic E-state index is 13.7. The third kappa shape index (κ3) is 3.82. The van der Waals surface area contributed by atoms with Crippen LogP contribution in [-0.2, 0) is 14.3 Å². The van der Waals surface area contributed by atoms with Gasteiger partial charge in [0.2, 0.25) is 0 Å². The molecule has 0 saturated heterocycles. The molecule has 0 aromatic heterocycles. The average molecular weight is 380 g/mol. The standard InChI is InChI=1S/C24H28O4/c1-16(2)9-12-24-13-10-17(3)15-28-20-8-6-5-7-18(20)22(27-4)21(23(24)26)19(25)11-14-24/h5-10H,11-15H2,1-4H3/b17-10-,22-21+/t24-/m1/s1. The Balaban J connectivity index is 2.26. The lowest BCUT2D eigenvalue weighted by Crippen LogP contribution is -2.39. The number of ether oxygens (including phenoxy) is 2. The molecule has 1 saturated carbocycles. The van der Waals surface area contributed by atoms with Crippen molar-refractivity contribution in [1.29, 1.82) is 0 Å². The van der Waals surface area contributed by atoms with Crippen molar-refractivity contribution >= 4 is 17.3 Å². The Morgan fingerprint density at radius 3 is 2.71 bits per heavy atom. The molecule has 2 bridgehead atoms. The number of benzene rings is 1. The highest BCUT2D eigenvalue weighted by Gasteiger charge is 2.46. The number of hydrogen-bond acceptors (Lipinski definition) is 4. The minimum atomic E-state index is -0.620. The molecule has 1 aliphatic carbocycles. The van der Waals surface area contributed by atoms with Crippen LogP contribution in [0.3, 0.4) is 0 Å². The zero-order valence-corrected chi connectivity index (χ0v) is 17.1. The number of methoxy groups -OCH3 is 1. The summed E-state index contributed by atoms with van der Waals surface area (Å²) in [5.74, 6) is 0.678. The Bertz CT molecular complexity index is 884. The van der Waals surface area contributed by atoms with E-state index in [9.17, 15) is 9.59 Å². The molecule has 0 spiro atoms. The van der Waals surface area contributed by atoms with E-state index in [1.54, 1.807) is 0 Å². The zero-order valence-electron chi connectivity index (χ0n) is 17.1. The summed E-state index contributed by atoms with van der Waals surface area (Å²) < 4.78 is 11.6. The molecular weight excluding hydrogens is 352 g/mol. The van der Waals surface area contributed by atoms with E-state index in [2.05, 4.69) is 12.2 Å². The van der Waals surface area contributed by atoms with Gasteiger partial charge in [0.05, 0.1) is 12.7 Å². The number of para-hydroxylation sites is 1. The largest absolute Gasteiger partial charge is 0.495 e. The van der Waals surface area contributed by atoms with Crippen LogP contribution in [0.2, 0.25) is 0 Å². The van der Waals surface area contributed by atoms with Crippen LogP contribution in [0.4, 0.5) is 0 Å². The van der Waals surface area contributed by atoms with Crippen molar-refractivity contribution in [1.82, 2.24) is 0 Å². The fourth-order valence-electron chi connectivity index (χ4n) is 3.83. The van der Waals surface area contributed by atoms with Gasteiger partial charge in [-0.05, 0) is 57.7 Å². The molecule has 4 nitrogen and oxygen atoms in total. The van der Waals surface area contributed by atoms with Crippen molar-refractivity contribution in [3.8, 4) is 5.75 Å². The van der Waals surface area contributed by atoms with E-state index in [1.807, 2.05) is 45.0 Å². The fourth-order valence-corrected chi connectivity index (χ4v) is 3.83. The number of hydrogen-bond donors (Lipinski definition) is 0. The number of carbonyl (C=O) groups is 2. The van der Waals surface area contributed by atoms with E-state index in [1.165, 1.54) is 12.7 Å². The summed E-state index contributed by atoms with van der Waals surface area (Å²) in [7, 11) is 1.51. The van der Waals surface area contributed by atoms with Crippen molar-refractivity contribution in [3.05, 3.63) is 58.7 Å². The molecule has 0 amide bonds. The molecule has 1 aliphatic heterocycles. The van der Waals surface area contributed by atoms with Crippen LogP contribution >= 0.6 is 0 Å². The highest BCUT2D eigenvalue weighted by atomic mass is 16.5.